The van der Waals surface area contributed by atoms with E-state index in [0.29, 0.717) is 36.4 Å². The SMILES string of the molecule is Cc1ccc(CN)cc1S(=O)(=O)N1CC(C)CC(C)C1. The number of hydrogen-bond acceptors (Lipinski definition) is 3. The molecule has 1 aliphatic rings. The molecule has 1 fully saturated rings. The van der Waals surface area contributed by atoms with E-state index < -0.39 is 10.0 Å². The zero-order valence-electron chi connectivity index (χ0n) is 12.5. The number of piperidine rings is 1. The van der Waals surface area contributed by atoms with Crippen LogP contribution in [0.15, 0.2) is 23.1 Å². The van der Waals surface area contributed by atoms with Crippen LogP contribution in [0.2, 0.25) is 0 Å². The smallest absolute Gasteiger partial charge is 0.243 e. The fraction of sp³-hybridized carbons (Fsp3) is 0.600. The van der Waals surface area contributed by atoms with Crippen molar-refractivity contribution in [3.05, 3.63) is 29.3 Å². The van der Waals surface area contributed by atoms with E-state index in [9.17, 15) is 8.42 Å². The lowest BCUT2D eigenvalue weighted by Crippen LogP contribution is -2.42. The lowest BCUT2D eigenvalue weighted by Gasteiger charge is -2.34. The van der Waals surface area contributed by atoms with E-state index in [0.717, 1.165) is 17.5 Å². The third-order valence-corrected chi connectivity index (χ3v) is 5.92. The van der Waals surface area contributed by atoms with Gasteiger partial charge in [0.05, 0.1) is 4.90 Å². The van der Waals surface area contributed by atoms with Gasteiger partial charge in [-0.15, -0.1) is 0 Å². The molecule has 2 rings (SSSR count). The molecule has 0 spiro atoms. The summed E-state index contributed by atoms with van der Waals surface area (Å²) in [5, 5.41) is 0. The molecule has 0 amide bonds. The van der Waals surface area contributed by atoms with Crippen LogP contribution >= 0.6 is 0 Å². The average molecular weight is 296 g/mol. The van der Waals surface area contributed by atoms with Crippen molar-refractivity contribution in [1.82, 2.24) is 4.31 Å². The van der Waals surface area contributed by atoms with E-state index >= 15 is 0 Å². The number of benzene rings is 1. The summed E-state index contributed by atoms with van der Waals surface area (Å²) < 4.78 is 27.3. The highest BCUT2D eigenvalue weighted by Gasteiger charge is 2.32. The number of hydrogen-bond donors (Lipinski definition) is 1. The minimum absolute atomic E-state index is 0.357. The highest BCUT2D eigenvalue weighted by atomic mass is 32.2. The Balaban J connectivity index is 2.39. The van der Waals surface area contributed by atoms with Crippen LogP contribution in [0.5, 0.6) is 0 Å². The molecule has 4 nitrogen and oxygen atoms in total. The standard InChI is InChI=1S/C15H24N2O2S/c1-11-6-12(2)10-17(9-11)20(18,19)15-7-14(8-16)5-4-13(15)3/h4-5,7,11-12H,6,8-10,16H2,1-3H3. The van der Waals surface area contributed by atoms with Gasteiger partial charge in [0.15, 0.2) is 0 Å². The second-order valence-electron chi connectivity index (χ2n) is 6.07. The molecule has 0 bridgehead atoms. The Morgan fingerprint density at radius 3 is 2.40 bits per heavy atom. The van der Waals surface area contributed by atoms with Gasteiger partial charge < -0.3 is 5.73 Å². The molecular formula is C15H24N2O2S. The average Bonchev–Trinajstić information content (AvgIpc) is 2.38. The number of nitrogens with two attached hydrogens (primary N) is 1. The summed E-state index contributed by atoms with van der Waals surface area (Å²) in [7, 11) is -3.41. The van der Waals surface area contributed by atoms with Crippen molar-refractivity contribution in [1.29, 1.82) is 0 Å². The molecule has 1 aromatic rings. The highest BCUT2D eigenvalue weighted by molar-refractivity contribution is 7.89. The lowest BCUT2D eigenvalue weighted by atomic mass is 9.94. The Labute approximate surface area is 122 Å². The molecule has 1 saturated heterocycles. The summed E-state index contributed by atoms with van der Waals surface area (Å²) in [6, 6.07) is 5.44. The Kier molecular flexibility index (Phi) is 4.52. The number of nitrogens with zero attached hydrogens (tertiary/aromatic N) is 1. The molecule has 0 saturated carbocycles. The van der Waals surface area contributed by atoms with Crippen molar-refractivity contribution in [3.8, 4) is 0 Å². The van der Waals surface area contributed by atoms with Gasteiger partial charge in [-0.2, -0.15) is 4.31 Å². The van der Waals surface area contributed by atoms with Gasteiger partial charge in [0, 0.05) is 19.6 Å². The van der Waals surface area contributed by atoms with E-state index in [2.05, 4.69) is 13.8 Å². The first-order valence-corrected chi connectivity index (χ1v) is 8.58. The van der Waals surface area contributed by atoms with E-state index in [1.165, 1.54) is 0 Å². The second kappa shape index (κ2) is 5.84. The molecule has 1 heterocycles. The van der Waals surface area contributed by atoms with Crippen molar-refractivity contribution in [2.45, 2.75) is 38.6 Å². The predicted octanol–water partition coefficient (Wildman–Crippen LogP) is 2.12. The highest BCUT2D eigenvalue weighted by Crippen LogP contribution is 2.28. The van der Waals surface area contributed by atoms with E-state index in [1.807, 2.05) is 19.1 Å². The molecule has 20 heavy (non-hydrogen) atoms. The van der Waals surface area contributed by atoms with Gasteiger partial charge in [-0.3, -0.25) is 0 Å². The fourth-order valence-electron chi connectivity index (χ4n) is 2.99. The molecule has 0 aromatic heterocycles. The van der Waals surface area contributed by atoms with Crippen LogP contribution in [0, 0.1) is 18.8 Å². The molecule has 1 aromatic carbocycles. The van der Waals surface area contributed by atoms with Gasteiger partial charge in [0.25, 0.3) is 0 Å². The Morgan fingerprint density at radius 1 is 1.25 bits per heavy atom. The maximum absolute atomic E-state index is 12.9. The van der Waals surface area contributed by atoms with Crippen molar-refractivity contribution in [3.63, 3.8) is 0 Å². The van der Waals surface area contributed by atoms with Gasteiger partial charge in [-0.1, -0.05) is 26.0 Å². The number of sulfonamides is 1. The van der Waals surface area contributed by atoms with Crippen LogP contribution < -0.4 is 5.73 Å². The molecule has 0 aliphatic carbocycles. The minimum atomic E-state index is -3.41. The van der Waals surface area contributed by atoms with Gasteiger partial charge in [0.1, 0.15) is 0 Å². The van der Waals surface area contributed by atoms with E-state index in [1.54, 1.807) is 10.4 Å². The summed E-state index contributed by atoms with van der Waals surface area (Å²) in [6.45, 7) is 7.64. The molecule has 112 valence electrons. The Bertz CT molecular complexity index is 574. The van der Waals surface area contributed by atoms with E-state index in [-0.39, 0.29) is 0 Å². The summed E-state index contributed by atoms with van der Waals surface area (Å²) in [5.41, 5.74) is 7.27. The zero-order chi connectivity index (χ0) is 14.9. The summed E-state index contributed by atoms with van der Waals surface area (Å²) in [5.74, 6) is 0.818. The minimum Gasteiger partial charge on any atom is -0.326 e. The van der Waals surface area contributed by atoms with Crippen LogP contribution in [-0.2, 0) is 16.6 Å². The second-order valence-corrected chi connectivity index (χ2v) is 7.98. The molecule has 2 atom stereocenters. The Morgan fingerprint density at radius 2 is 1.85 bits per heavy atom. The number of aryl methyl sites for hydroxylation is 1. The zero-order valence-corrected chi connectivity index (χ0v) is 13.3. The Hall–Kier alpha value is -0.910. The van der Waals surface area contributed by atoms with Gasteiger partial charge in [0.2, 0.25) is 10.0 Å². The predicted molar refractivity (Wildman–Crippen MR) is 80.8 cm³/mol. The molecular weight excluding hydrogens is 272 g/mol. The molecule has 5 heteroatoms. The number of rotatable bonds is 3. The first-order valence-electron chi connectivity index (χ1n) is 7.14. The third kappa shape index (κ3) is 3.05. The fourth-order valence-corrected chi connectivity index (χ4v) is 4.95. The lowest BCUT2D eigenvalue weighted by molar-refractivity contribution is 0.222. The maximum atomic E-state index is 12.9. The quantitative estimate of drug-likeness (QED) is 0.929. The van der Waals surface area contributed by atoms with Crippen LogP contribution in [-0.4, -0.2) is 25.8 Å². The van der Waals surface area contributed by atoms with Crippen molar-refractivity contribution < 1.29 is 8.42 Å². The largest absolute Gasteiger partial charge is 0.326 e. The van der Waals surface area contributed by atoms with Crippen LogP contribution in [0.3, 0.4) is 0 Å². The normalized spacial score (nSPS) is 24.8. The van der Waals surface area contributed by atoms with Crippen LogP contribution in [0.1, 0.15) is 31.4 Å². The molecule has 2 N–H and O–H groups in total. The molecule has 2 unspecified atom stereocenters. The summed E-state index contributed by atoms with van der Waals surface area (Å²) >= 11 is 0. The van der Waals surface area contributed by atoms with Gasteiger partial charge in [-0.25, -0.2) is 8.42 Å². The summed E-state index contributed by atoms with van der Waals surface area (Å²) in [6.07, 6.45) is 1.09. The van der Waals surface area contributed by atoms with Crippen LogP contribution in [0.25, 0.3) is 0 Å². The molecule has 1 aliphatic heterocycles. The molecule has 0 radical (unpaired) electrons. The van der Waals surface area contributed by atoms with Crippen molar-refractivity contribution in [2.75, 3.05) is 13.1 Å². The summed E-state index contributed by atoms with van der Waals surface area (Å²) in [4.78, 5) is 0.404. The first-order chi connectivity index (χ1) is 9.34. The first kappa shape index (κ1) is 15.5. The van der Waals surface area contributed by atoms with Crippen molar-refractivity contribution in [2.24, 2.45) is 17.6 Å². The van der Waals surface area contributed by atoms with Crippen LogP contribution in [0.4, 0.5) is 0 Å². The van der Waals surface area contributed by atoms with E-state index in [4.69, 9.17) is 5.73 Å². The van der Waals surface area contributed by atoms with Gasteiger partial charge >= 0.3 is 0 Å². The maximum Gasteiger partial charge on any atom is 0.243 e. The third-order valence-electron chi connectivity index (χ3n) is 3.94. The monoisotopic (exact) mass is 296 g/mol. The van der Waals surface area contributed by atoms with Crippen molar-refractivity contribution >= 4 is 10.0 Å². The van der Waals surface area contributed by atoms with Gasteiger partial charge in [-0.05, 0) is 42.4 Å². The topological polar surface area (TPSA) is 63.4 Å².